The summed E-state index contributed by atoms with van der Waals surface area (Å²) in [4.78, 5) is 39.5. The first-order valence-corrected chi connectivity index (χ1v) is 11.7. The molecule has 3 rings (SSSR count). The first kappa shape index (κ1) is 21.0. The molecule has 0 saturated carbocycles. The maximum Gasteiger partial charge on any atom is 0.244 e. The fourth-order valence-electron chi connectivity index (χ4n) is 4.03. The average Bonchev–Trinajstić information content (AvgIpc) is 2.68. The van der Waals surface area contributed by atoms with Crippen molar-refractivity contribution in [2.45, 2.75) is 37.8 Å². The van der Waals surface area contributed by atoms with Crippen molar-refractivity contribution in [2.75, 3.05) is 45.5 Å². The minimum absolute atomic E-state index is 0.0876. The van der Waals surface area contributed by atoms with Crippen LogP contribution < -0.4 is 16.0 Å². The molecule has 3 aliphatic rings. The van der Waals surface area contributed by atoms with Gasteiger partial charge in [0.2, 0.25) is 27.7 Å². The van der Waals surface area contributed by atoms with Gasteiger partial charge in [0.15, 0.2) is 0 Å². The second-order valence-electron chi connectivity index (χ2n) is 7.69. The molecular weight excluding hydrogens is 386 g/mol. The van der Waals surface area contributed by atoms with E-state index in [-0.39, 0.29) is 37.4 Å². The molecule has 28 heavy (non-hydrogen) atoms. The number of nitrogens with one attached hydrogen (secondary N) is 3. The van der Waals surface area contributed by atoms with Crippen LogP contribution in [0.1, 0.15) is 25.7 Å². The first-order chi connectivity index (χ1) is 13.3. The van der Waals surface area contributed by atoms with Gasteiger partial charge in [-0.15, -0.1) is 0 Å². The van der Waals surface area contributed by atoms with Gasteiger partial charge >= 0.3 is 0 Å². The smallest absolute Gasteiger partial charge is 0.244 e. The van der Waals surface area contributed by atoms with Gasteiger partial charge in [0.05, 0.1) is 6.26 Å². The van der Waals surface area contributed by atoms with Crippen molar-refractivity contribution in [1.82, 2.24) is 25.2 Å². The molecule has 3 heterocycles. The SMILES string of the molecule is CS(=O)(=O)N1CCN(C(=O)C2CCNCC2)[C@@H](C(=O)N[C@H]2CCCNC2=O)C1. The minimum Gasteiger partial charge on any atom is -0.354 e. The van der Waals surface area contributed by atoms with Crippen molar-refractivity contribution in [3.05, 3.63) is 0 Å². The topological polar surface area (TPSA) is 128 Å². The Morgan fingerprint density at radius 3 is 2.46 bits per heavy atom. The van der Waals surface area contributed by atoms with Crippen molar-refractivity contribution in [3.8, 4) is 0 Å². The molecule has 3 saturated heterocycles. The van der Waals surface area contributed by atoms with E-state index in [1.54, 1.807) is 0 Å². The number of amides is 3. The summed E-state index contributed by atoms with van der Waals surface area (Å²) in [5.41, 5.74) is 0. The molecule has 3 N–H and O–H groups in total. The molecule has 0 aromatic carbocycles. The standard InChI is InChI=1S/C17H29N5O5S/c1-28(26,27)21-9-10-22(17(25)12-4-7-18-8-5-12)14(11-21)16(24)20-13-3-2-6-19-15(13)23/h12-14,18H,2-11H2,1H3,(H,19,23)(H,20,24)/t13-,14+/m0/s1. The maximum atomic E-state index is 13.1. The van der Waals surface area contributed by atoms with Gasteiger partial charge in [0.25, 0.3) is 0 Å². The lowest BCUT2D eigenvalue weighted by molar-refractivity contribution is -0.147. The highest BCUT2D eigenvalue weighted by Crippen LogP contribution is 2.21. The quantitative estimate of drug-likeness (QED) is 0.481. The molecule has 2 atom stereocenters. The molecule has 0 unspecified atom stereocenters. The Kier molecular flexibility index (Phi) is 6.56. The molecule has 0 bridgehead atoms. The molecule has 10 nitrogen and oxygen atoms in total. The summed E-state index contributed by atoms with van der Waals surface area (Å²) in [6.45, 7) is 2.33. The van der Waals surface area contributed by atoms with Crippen LogP contribution in [0.3, 0.4) is 0 Å². The average molecular weight is 416 g/mol. The molecular formula is C17H29N5O5S. The van der Waals surface area contributed by atoms with Crippen LogP contribution in [0.25, 0.3) is 0 Å². The summed E-state index contributed by atoms with van der Waals surface area (Å²) in [5.74, 6) is -0.994. The second-order valence-corrected chi connectivity index (χ2v) is 9.67. The second kappa shape index (κ2) is 8.75. The molecule has 3 fully saturated rings. The molecule has 0 aromatic heterocycles. The highest BCUT2D eigenvalue weighted by molar-refractivity contribution is 7.88. The lowest BCUT2D eigenvalue weighted by atomic mass is 9.95. The monoisotopic (exact) mass is 415 g/mol. The normalized spacial score (nSPS) is 27.9. The Labute approximate surface area is 165 Å². The number of piperazine rings is 1. The van der Waals surface area contributed by atoms with Gasteiger partial charge in [-0.05, 0) is 38.8 Å². The van der Waals surface area contributed by atoms with Gasteiger partial charge in [-0.2, -0.15) is 4.31 Å². The van der Waals surface area contributed by atoms with E-state index in [0.717, 1.165) is 25.8 Å². The van der Waals surface area contributed by atoms with Crippen LogP contribution >= 0.6 is 0 Å². The van der Waals surface area contributed by atoms with Crippen LogP contribution in [-0.2, 0) is 24.4 Å². The molecule has 11 heteroatoms. The third kappa shape index (κ3) is 4.81. The molecule has 0 spiro atoms. The Hall–Kier alpha value is -1.72. The van der Waals surface area contributed by atoms with Gasteiger partial charge in [-0.3, -0.25) is 14.4 Å². The number of sulfonamides is 1. The summed E-state index contributed by atoms with van der Waals surface area (Å²) in [5, 5.41) is 8.64. The summed E-state index contributed by atoms with van der Waals surface area (Å²) < 4.78 is 25.2. The van der Waals surface area contributed by atoms with Gasteiger partial charge in [-0.1, -0.05) is 0 Å². The predicted molar refractivity (Wildman–Crippen MR) is 102 cm³/mol. The lowest BCUT2D eigenvalue weighted by Crippen LogP contribution is -2.64. The molecule has 0 aromatic rings. The number of rotatable bonds is 4. The number of carbonyl (C=O) groups excluding carboxylic acids is 3. The minimum atomic E-state index is -3.48. The molecule has 0 aliphatic carbocycles. The molecule has 3 aliphatic heterocycles. The lowest BCUT2D eigenvalue weighted by Gasteiger charge is -2.41. The number of hydrogen-bond donors (Lipinski definition) is 3. The Bertz CT molecular complexity index is 721. The Balaban J connectivity index is 1.76. The van der Waals surface area contributed by atoms with Crippen LogP contribution in [0, 0.1) is 5.92 Å². The summed E-state index contributed by atoms with van der Waals surface area (Å²) >= 11 is 0. The van der Waals surface area contributed by atoms with Crippen LogP contribution in [0.15, 0.2) is 0 Å². The highest BCUT2D eigenvalue weighted by atomic mass is 32.2. The number of carbonyl (C=O) groups is 3. The van der Waals surface area contributed by atoms with E-state index in [0.29, 0.717) is 25.8 Å². The zero-order valence-electron chi connectivity index (χ0n) is 16.1. The van der Waals surface area contributed by atoms with Gasteiger partial charge < -0.3 is 20.9 Å². The fraction of sp³-hybridized carbons (Fsp3) is 0.824. The van der Waals surface area contributed by atoms with Crippen molar-refractivity contribution >= 4 is 27.7 Å². The zero-order valence-corrected chi connectivity index (χ0v) is 17.0. The van der Waals surface area contributed by atoms with Crippen LogP contribution in [0.2, 0.25) is 0 Å². The van der Waals surface area contributed by atoms with Gasteiger partial charge in [0, 0.05) is 32.1 Å². The van der Waals surface area contributed by atoms with Crippen LogP contribution in [0.5, 0.6) is 0 Å². The number of piperidine rings is 2. The van der Waals surface area contributed by atoms with E-state index in [2.05, 4.69) is 16.0 Å². The van der Waals surface area contributed by atoms with Crippen molar-refractivity contribution < 1.29 is 22.8 Å². The largest absolute Gasteiger partial charge is 0.354 e. The summed E-state index contributed by atoms with van der Waals surface area (Å²) in [7, 11) is -3.48. The summed E-state index contributed by atoms with van der Waals surface area (Å²) in [6, 6.07) is -1.58. The van der Waals surface area contributed by atoms with Gasteiger partial charge in [0.1, 0.15) is 12.1 Å². The van der Waals surface area contributed by atoms with E-state index in [4.69, 9.17) is 0 Å². The van der Waals surface area contributed by atoms with Crippen molar-refractivity contribution in [2.24, 2.45) is 5.92 Å². The van der Waals surface area contributed by atoms with E-state index >= 15 is 0 Å². The highest BCUT2D eigenvalue weighted by Gasteiger charge is 2.41. The van der Waals surface area contributed by atoms with E-state index < -0.39 is 28.0 Å². The molecule has 158 valence electrons. The van der Waals surface area contributed by atoms with Crippen molar-refractivity contribution in [3.63, 3.8) is 0 Å². The van der Waals surface area contributed by atoms with Crippen LogP contribution in [-0.4, -0.2) is 93.0 Å². The molecule has 3 amide bonds. The number of nitrogens with zero attached hydrogens (tertiary/aromatic N) is 2. The Morgan fingerprint density at radius 1 is 1.11 bits per heavy atom. The van der Waals surface area contributed by atoms with Gasteiger partial charge in [-0.25, -0.2) is 8.42 Å². The zero-order chi connectivity index (χ0) is 20.3. The van der Waals surface area contributed by atoms with E-state index in [1.807, 2.05) is 0 Å². The van der Waals surface area contributed by atoms with E-state index in [9.17, 15) is 22.8 Å². The number of hydrogen-bond acceptors (Lipinski definition) is 6. The maximum absolute atomic E-state index is 13.1. The van der Waals surface area contributed by atoms with E-state index in [1.165, 1.54) is 9.21 Å². The summed E-state index contributed by atoms with van der Waals surface area (Å²) in [6.07, 6.45) is 3.78. The predicted octanol–water partition coefficient (Wildman–Crippen LogP) is -2.15. The Morgan fingerprint density at radius 2 is 1.82 bits per heavy atom. The molecule has 0 radical (unpaired) electrons. The van der Waals surface area contributed by atoms with Crippen molar-refractivity contribution in [1.29, 1.82) is 0 Å². The van der Waals surface area contributed by atoms with Crippen LogP contribution in [0.4, 0.5) is 0 Å². The fourth-order valence-corrected chi connectivity index (χ4v) is 4.85. The first-order valence-electron chi connectivity index (χ1n) is 9.82. The third-order valence-corrected chi connectivity index (χ3v) is 6.96. The third-order valence-electron chi connectivity index (χ3n) is 5.69.